The van der Waals surface area contributed by atoms with Crippen LogP contribution in [-0.2, 0) is 9.59 Å². The molecule has 1 fully saturated rings. The highest BCUT2D eigenvalue weighted by Crippen LogP contribution is 2.29. The van der Waals surface area contributed by atoms with Crippen molar-refractivity contribution in [1.29, 1.82) is 0 Å². The number of hydrogen-bond donors (Lipinski definition) is 3. The summed E-state index contributed by atoms with van der Waals surface area (Å²) >= 11 is 1.33. The van der Waals surface area contributed by atoms with E-state index in [1.807, 2.05) is 39.0 Å². The molecule has 3 amide bonds. The van der Waals surface area contributed by atoms with Crippen LogP contribution < -0.4 is 16.4 Å². The van der Waals surface area contributed by atoms with Crippen molar-refractivity contribution < 1.29 is 14.4 Å². The van der Waals surface area contributed by atoms with Crippen LogP contribution in [0, 0.1) is 20.8 Å². The average molecular weight is 429 g/mol. The van der Waals surface area contributed by atoms with Crippen molar-refractivity contribution in [2.75, 3.05) is 23.7 Å². The van der Waals surface area contributed by atoms with Gasteiger partial charge in [-0.1, -0.05) is 12.1 Å². The smallest absolute Gasteiger partial charge is 0.251 e. The second kappa shape index (κ2) is 9.40. The van der Waals surface area contributed by atoms with Crippen molar-refractivity contribution in [2.45, 2.75) is 46.1 Å². The van der Waals surface area contributed by atoms with Crippen molar-refractivity contribution >= 4 is 39.7 Å². The van der Waals surface area contributed by atoms with Crippen LogP contribution in [0.3, 0.4) is 0 Å². The Balaban J connectivity index is 1.55. The quantitative estimate of drug-likeness (QED) is 0.570. The van der Waals surface area contributed by atoms with E-state index in [1.165, 1.54) is 11.3 Å². The van der Waals surface area contributed by atoms with Crippen LogP contribution in [0.5, 0.6) is 0 Å². The zero-order valence-electron chi connectivity index (χ0n) is 17.6. The highest BCUT2D eigenvalue weighted by atomic mass is 32.1. The molecule has 1 aromatic heterocycles. The Labute approximate surface area is 180 Å². The fourth-order valence-corrected chi connectivity index (χ4v) is 4.23. The van der Waals surface area contributed by atoms with Crippen LogP contribution in [0.1, 0.15) is 45.6 Å². The van der Waals surface area contributed by atoms with Gasteiger partial charge in [0, 0.05) is 29.6 Å². The molecule has 1 saturated carbocycles. The van der Waals surface area contributed by atoms with Gasteiger partial charge < -0.3 is 16.4 Å². The molecule has 2 aromatic rings. The number of aryl methyl sites for hydroxylation is 3. The molecular weight excluding hydrogens is 400 g/mol. The van der Waals surface area contributed by atoms with Gasteiger partial charge in [-0.2, -0.15) is 0 Å². The zero-order valence-corrected chi connectivity index (χ0v) is 18.4. The third-order valence-electron chi connectivity index (χ3n) is 5.08. The number of rotatable bonds is 9. The van der Waals surface area contributed by atoms with Crippen LogP contribution in [0.25, 0.3) is 0 Å². The lowest BCUT2D eigenvalue weighted by atomic mass is 10.1. The maximum atomic E-state index is 12.6. The molecule has 0 unspecified atom stereocenters. The Morgan fingerprint density at radius 3 is 2.50 bits per heavy atom. The molecule has 0 radical (unpaired) electrons. The van der Waals surface area contributed by atoms with Crippen molar-refractivity contribution in [2.24, 2.45) is 5.73 Å². The lowest BCUT2D eigenvalue weighted by molar-refractivity contribution is -0.119. The number of benzene rings is 1. The van der Waals surface area contributed by atoms with Crippen LogP contribution in [0.2, 0.25) is 0 Å². The van der Waals surface area contributed by atoms with Gasteiger partial charge in [-0.05, 0) is 56.9 Å². The number of anilines is 2. The number of hydrogen-bond acceptors (Lipinski definition) is 5. The fraction of sp³-hybridized carbons (Fsp3) is 0.409. The van der Waals surface area contributed by atoms with E-state index in [-0.39, 0.29) is 24.8 Å². The maximum Gasteiger partial charge on any atom is 0.251 e. The van der Waals surface area contributed by atoms with E-state index in [2.05, 4.69) is 15.5 Å². The summed E-state index contributed by atoms with van der Waals surface area (Å²) < 4.78 is 0. The summed E-state index contributed by atoms with van der Waals surface area (Å²) in [7, 11) is 0. The monoisotopic (exact) mass is 428 g/mol. The van der Waals surface area contributed by atoms with Gasteiger partial charge in [0.1, 0.15) is 5.00 Å². The molecule has 3 rings (SSSR count). The minimum absolute atomic E-state index is 0.0825. The molecule has 0 aliphatic heterocycles. The molecule has 0 bridgehead atoms. The summed E-state index contributed by atoms with van der Waals surface area (Å²) in [5.74, 6) is -0.835. The van der Waals surface area contributed by atoms with Gasteiger partial charge in [-0.15, -0.1) is 11.3 Å². The normalized spacial score (nSPS) is 13.3. The van der Waals surface area contributed by atoms with E-state index in [9.17, 15) is 14.4 Å². The Kier molecular flexibility index (Phi) is 6.89. The molecule has 1 heterocycles. The Bertz CT molecular complexity index is 965. The number of carbonyl (C=O) groups excluding carboxylic acids is 3. The molecule has 8 heteroatoms. The van der Waals surface area contributed by atoms with Crippen LogP contribution in [-0.4, -0.2) is 41.8 Å². The van der Waals surface area contributed by atoms with Crippen molar-refractivity contribution in [3.8, 4) is 0 Å². The standard InChI is InChI=1S/C22H28N4O3S/c1-13-4-5-14(2)18(10-13)24-20(28)12-26(16-6-7-16)9-8-19(27)25-22-17(21(23)29)11-15(3)30-22/h4-5,10-11,16H,6-9,12H2,1-3H3,(H2,23,29)(H,24,28)(H,25,27). The van der Waals surface area contributed by atoms with Gasteiger partial charge in [-0.3, -0.25) is 19.3 Å². The summed E-state index contributed by atoms with van der Waals surface area (Å²) in [6.07, 6.45) is 2.31. The fourth-order valence-electron chi connectivity index (χ4n) is 3.30. The number of amides is 3. The van der Waals surface area contributed by atoms with Gasteiger partial charge in [-0.25, -0.2) is 0 Å². The predicted molar refractivity (Wildman–Crippen MR) is 120 cm³/mol. The summed E-state index contributed by atoms with van der Waals surface area (Å²) in [6, 6.07) is 7.98. The third kappa shape index (κ3) is 5.90. The Morgan fingerprint density at radius 1 is 1.10 bits per heavy atom. The predicted octanol–water partition coefficient (Wildman–Crippen LogP) is 3.20. The molecule has 1 aromatic carbocycles. The zero-order chi connectivity index (χ0) is 21.8. The number of nitrogens with zero attached hydrogens (tertiary/aromatic N) is 1. The average Bonchev–Trinajstić information content (AvgIpc) is 3.44. The lowest BCUT2D eigenvalue weighted by Gasteiger charge is -2.21. The van der Waals surface area contributed by atoms with Crippen LogP contribution in [0.4, 0.5) is 10.7 Å². The minimum atomic E-state index is -0.558. The number of nitrogens with one attached hydrogen (secondary N) is 2. The molecule has 1 aliphatic carbocycles. The number of nitrogens with two attached hydrogens (primary N) is 1. The number of carbonyl (C=O) groups is 3. The van der Waals surface area contributed by atoms with Gasteiger partial charge >= 0.3 is 0 Å². The molecule has 0 saturated heterocycles. The highest BCUT2D eigenvalue weighted by molar-refractivity contribution is 7.16. The van der Waals surface area contributed by atoms with E-state index in [1.54, 1.807) is 6.07 Å². The lowest BCUT2D eigenvalue weighted by Crippen LogP contribution is -2.37. The van der Waals surface area contributed by atoms with Gasteiger partial charge in [0.25, 0.3) is 5.91 Å². The van der Waals surface area contributed by atoms with E-state index in [0.717, 1.165) is 34.5 Å². The highest BCUT2D eigenvalue weighted by Gasteiger charge is 2.30. The maximum absolute atomic E-state index is 12.6. The van der Waals surface area contributed by atoms with Gasteiger partial charge in [0.15, 0.2) is 0 Å². The topological polar surface area (TPSA) is 105 Å². The molecule has 0 spiro atoms. The Hall–Kier alpha value is -2.71. The molecule has 0 atom stereocenters. The first-order valence-corrected chi connectivity index (χ1v) is 10.9. The molecule has 160 valence electrons. The Morgan fingerprint density at radius 2 is 1.83 bits per heavy atom. The van der Waals surface area contributed by atoms with E-state index >= 15 is 0 Å². The number of primary amides is 1. The molecule has 30 heavy (non-hydrogen) atoms. The summed E-state index contributed by atoms with van der Waals surface area (Å²) in [5.41, 5.74) is 8.63. The van der Waals surface area contributed by atoms with E-state index < -0.39 is 5.91 Å². The van der Waals surface area contributed by atoms with Crippen LogP contribution in [0.15, 0.2) is 24.3 Å². The van der Waals surface area contributed by atoms with Crippen molar-refractivity contribution in [1.82, 2.24) is 4.90 Å². The largest absolute Gasteiger partial charge is 0.366 e. The number of thiophene rings is 1. The first-order valence-electron chi connectivity index (χ1n) is 10.0. The van der Waals surface area contributed by atoms with Crippen LogP contribution >= 0.6 is 11.3 Å². The molecule has 4 N–H and O–H groups in total. The third-order valence-corrected chi connectivity index (χ3v) is 6.04. The first-order chi connectivity index (χ1) is 14.2. The molecular formula is C22H28N4O3S. The van der Waals surface area contributed by atoms with Gasteiger partial charge in [0.2, 0.25) is 11.8 Å². The molecule has 7 nitrogen and oxygen atoms in total. The van der Waals surface area contributed by atoms with E-state index in [0.29, 0.717) is 23.2 Å². The molecule has 1 aliphatic rings. The first kappa shape index (κ1) is 22.0. The summed E-state index contributed by atoms with van der Waals surface area (Å²) in [5, 5.41) is 6.25. The van der Waals surface area contributed by atoms with Crippen molar-refractivity contribution in [3.63, 3.8) is 0 Å². The minimum Gasteiger partial charge on any atom is -0.366 e. The second-order valence-electron chi connectivity index (χ2n) is 7.83. The van der Waals surface area contributed by atoms with E-state index in [4.69, 9.17) is 5.73 Å². The second-order valence-corrected chi connectivity index (χ2v) is 9.09. The summed E-state index contributed by atoms with van der Waals surface area (Å²) in [6.45, 7) is 6.53. The SMILES string of the molecule is Cc1ccc(C)c(NC(=O)CN(CCC(=O)Nc2sc(C)cc2C(N)=O)C2CC2)c1. The van der Waals surface area contributed by atoms with Crippen molar-refractivity contribution in [3.05, 3.63) is 45.8 Å². The summed E-state index contributed by atoms with van der Waals surface area (Å²) in [4.78, 5) is 39.5. The van der Waals surface area contributed by atoms with Gasteiger partial charge in [0.05, 0.1) is 12.1 Å².